The van der Waals surface area contributed by atoms with Gasteiger partial charge in [-0.05, 0) is 43.2 Å². The summed E-state index contributed by atoms with van der Waals surface area (Å²) in [6.45, 7) is 3.87. The number of para-hydroxylation sites is 2. The predicted octanol–water partition coefficient (Wildman–Crippen LogP) is 4.66. The molecule has 5 heteroatoms. The predicted molar refractivity (Wildman–Crippen MR) is 74.1 cm³/mol. The number of rotatable bonds is 3. The molecule has 98 valence electrons. The second kappa shape index (κ2) is 5.28. The smallest absolute Gasteiger partial charge is 0.311 e. The molecule has 0 aliphatic rings. The molecule has 0 aliphatic heterocycles. The van der Waals surface area contributed by atoms with E-state index < -0.39 is 4.92 Å². The Balaban J connectivity index is 2.42. The highest BCUT2D eigenvalue weighted by Gasteiger charge is 2.16. The number of aryl methyl sites for hydroxylation is 2. The van der Waals surface area contributed by atoms with Crippen LogP contribution in [0, 0.1) is 24.0 Å². The van der Waals surface area contributed by atoms with Crippen LogP contribution in [-0.2, 0) is 0 Å². The van der Waals surface area contributed by atoms with Gasteiger partial charge < -0.3 is 4.74 Å². The monoisotopic (exact) mass is 277 g/mol. The van der Waals surface area contributed by atoms with Crippen molar-refractivity contribution < 1.29 is 9.66 Å². The molecule has 2 rings (SSSR count). The molecule has 2 aromatic rings. The standard InChI is InChI=1S/C14H12ClNO3/c1-9-7-11(15)14(8-10(9)2)19-13-6-4-3-5-12(13)16(17)18/h3-8H,1-2H3. The number of nitrogens with zero attached hydrogens (tertiary/aromatic N) is 1. The Hall–Kier alpha value is -2.07. The minimum Gasteiger partial charge on any atom is -0.449 e. The van der Waals surface area contributed by atoms with E-state index in [1.54, 1.807) is 30.3 Å². The zero-order valence-corrected chi connectivity index (χ0v) is 11.3. The van der Waals surface area contributed by atoms with E-state index in [9.17, 15) is 10.1 Å². The first-order valence-corrected chi connectivity index (χ1v) is 6.05. The first-order valence-electron chi connectivity index (χ1n) is 5.67. The van der Waals surface area contributed by atoms with Crippen molar-refractivity contribution in [2.24, 2.45) is 0 Å². The molecule has 0 radical (unpaired) electrons. The highest BCUT2D eigenvalue weighted by Crippen LogP contribution is 2.35. The van der Waals surface area contributed by atoms with Crippen LogP contribution in [0.2, 0.25) is 5.02 Å². The van der Waals surface area contributed by atoms with Crippen molar-refractivity contribution >= 4 is 17.3 Å². The summed E-state index contributed by atoms with van der Waals surface area (Å²) in [6, 6.07) is 9.76. The fourth-order valence-corrected chi connectivity index (χ4v) is 1.90. The maximum Gasteiger partial charge on any atom is 0.311 e. The number of halogens is 1. The van der Waals surface area contributed by atoms with Gasteiger partial charge in [-0.25, -0.2) is 0 Å². The van der Waals surface area contributed by atoms with E-state index in [4.69, 9.17) is 16.3 Å². The summed E-state index contributed by atoms with van der Waals surface area (Å²) in [4.78, 5) is 10.4. The lowest BCUT2D eigenvalue weighted by molar-refractivity contribution is -0.385. The molecule has 2 aromatic carbocycles. The number of benzene rings is 2. The largest absolute Gasteiger partial charge is 0.449 e. The van der Waals surface area contributed by atoms with Gasteiger partial charge in [0.1, 0.15) is 5.75 Å². The quantitative estimate of drug-likeness (QED) is 0.606. The normalized spacial score (nSPS) is 10.3. The van der Waals surface area contributed by atoms with Gasteiger partial charge in [0.25, 0.3) is 0 Å². The van der Waals surface area contributed by atoms with Gasteiger partial charge in [0.05, 0.1) is 9.95 Å². The van der Waals surface area contributed by atoms with E-state index in [2.05, 4.69) is 0 Å². The minimum absolute atomic E-state index is 0.0863. The molecule has 0 aliphatic carbocycles. The van der Waals surface area contributed by atoms with E-state index in [1.807, 2.05) is 13.8 Å². The van der Waals surface area contributed by atoms with Gasteiger partial charge in [0.15, 0.2) is 0 Å². The van der Waals surface area contributed by atoms with Crippen LogP contribution in [0.4, 0.5) is 5.69 Å². The summed E-state index contributed by atoms with van der Waals surface area (Å²) in [6.07, 6.45) is 0. The molecule has 0 unspecified atom stereocenters. The molecule has 4 nitrogen and oxygen atoms in total. The van der Waals surface area contributed by atoms with Crippen LogP contribution in [0.15, 0.2) is 36.4 Å². The average Bonchev–Trinajstić information content (AvgIpc) is 2.36. The summed E-state index contributed by atoms with van der Waals surface area (Å²) in [5, 5.41) is 11.3. The van der Waals surface area contributed by atoms with Crippen LogP contribution in [-0.4, -0.2) is 4.92 Å². The zero-order chi connectivity index (χ0) is 14.0. The molecule has 0 saturated carbocycles. The summed E-state index contributed by atoms with van der Waals surface area (Å²) in [5.74, 6) is 0.594. The molecule has 0 fully saturated rings. The van der Waals surface area contributed by atoms with Crippen LogP contribution in [0.3, 0.4) is 0 Å². The topological polar surface area (TPSA) is 52.4 Å². The van der Waals surface area contributed by atoms with Crippen LogP contribution < -0.4 is 4.74 Å². The molecule has 0 amide bonds. The molecule has 0 aromatic heterocycles. The maximum absolute atomic E-state index is 10.9. The molecule has 19 heavy (non-hydrogen) atoms. The summed E-state index contributed by atoms with van der Waals surface area (Å²) >= 11 is 6.09. The Kier molecular flexibility index (Phi) is 3.71. The number of nitro groups is 1. The van der Waals surface area contributed by atoms with E-state index in [0.29, 0.717) is 10.8 Å². The molecule has 0 atom stereocenters. The van der Waals surface area contributed by atoms with E-state index in [0.717, 1.165) is 11.1 Å². The van der Waals surface area contributed by atoms with Crippen molar-refractivity contribution in [3.63, 3.8) is 0 Å². The second-order valence-corrected chi connectivity index (χ2v) is 4.60. The van der Waals surface area contributed by atoms with Crippen molar-refractivity contribution in [2.45, 2.75) is 13.8 Å². The summed E-state index contributed by atoms with van der Waals surface area (Å²) in [7, 11) is 0. The van der Waals surface area contributed by atoms with Crippen LogP contribution in [0.25, 0.3) is 0 Å². The van der Waals surface area contributed by atoms with Crippen molar-refractivity contribution in [3.8, 4) is 11.5 Å². The molecule has 0 N–H and O–H groups in total. The third kappa shape index (κ3) is 2.85. The fourth-order valence-electron chi connectivity index (χ4n) is 1.65. The van der Waals surface area contributed by atoms with Gasteiger partial charge in [-0.3, -0.25) is 10.1 Å². The van der Waals surface area contributed by atoms with Gasteiger partial charge in [-0.2, -0.15) is 0 Å². The number of hydrogen-bond acceptors (Lipinski definition) is 3. The molecule has 0 spiro atoms. The van der Waals surface area contributed by atoms with Crippen molar-refractivity contribution in [2.75, 3.05) is 0 Å². The van der Waals surface area contributed by atoms with E-state index >= 15 is 0 Å². The van der Waals surface area contributed by atoms with Gasteiger partial charge in [0, 0.05) is 6.07 Å². The molecule has 0 heterocycles. The van der Waals surface area contributed by atoms with Crippen molar-refractivity contribution in [1.29, 1.82) is 0 Å². The Labute approximate surface area is 115 Å². The van der Waals surface area contributed by atoms with Crippen molar-refractivity contribution in [3.05, 3.63) is 62.7 Å². The number of hydrogen-bond donors (Lipinski definition) is 0. The Morgan fingerprint density at radius 3 is 2.42 bits per heavy atom. The first kappa shape index (κ1) is 13.4. The van der Waals surface area contributed by atoms with Gasteiger partial charge in [0.2, 0.25) is 5.75 Å². The van der Waals surface area contributed by atoms with Crippen LogP contribution >= 0.6 is 11.6 Å². The molecule has 0 bridgehead atoms. The third-order valence-corrected chi connectivity index (χ3v) is 3.13. The Morgan fingerprint density at radius 1 is 1.11 bits per heavy atom. The highest BCUT2D eigenvalue weighted by atomic mass is 35.5. The first-order chi connectivity index (χ1) is 8.99. The van der Waals surface area contributed by atoms with Gasteiger partial charge in [-0.1, -0.05) is 23.7 Å². The number of ether oxygens (including phenoxy) is 1. The average molecular weight is 278 g/mol. The number of nitro benzene ring substituents is 1. The zero-order valence-electron chi connectivity index (χ0n) is 10.5. The lowest BCUT2D eigenvalue weighted by Gasteiger charge is -2.10. The van der Waals surface area contributed by atoms with Crippen molar-refractivity contribution in [1.82, 2.24) is 0 Å². The van der Waals surface area contributed by atoms with Crippen LogP contribution in [0.1, 0.15) is 11.1 Å². The molecular weight excluding hydrogens is 266 g/mol. The fraction of sp³-hybridized carbons (Fsp3) is 0.143. The highest BCUT2D eigenvalue weighted by molar-refractivity contribution is 6.32. The SMILES string of the molecule is Cc1cc(Cl)c(Oc2ccccc2[N+](=O)[O-])cc1C. The minimum atomic E-state index is -0.482. The summed E-state index contributed by atoms with van der Waals surface area (Å²) < 4.78 is 5.56. The van der Waals surface area contributed by atoms with E-state index in [-0.39, 0.29) is 11.4 Å². The Bertz CT molecular complexity index is 641. The molecule has 0 saturated heterocycles. The third-order valence-electron chi connectivity index (χ3n) is 2.83. The summed E-state index contributed by atoms with van der Waals surface area (Å²) in [5.41, 5.74) is 1.97. The molecular formula is C14H12ClNO3. The van der Waals surface area contributed by atoms with Gasteiger partial charge >= 0.3 is 5.69 Å². The lowest BCUT2D eigenvalue weighted by atomic mass is 10.1. The second-order valence-electron chi connectivity index (χ2n) is 4.19. The van der Waals surface area contributed by atoms with Crippen LogP contribution in [0.5, 0.6) is 11.5 Å². The lowest BCUT2D eigenvalue weighted by Crippen LogP contribution is -1.94. The van der Waals surface area contributed by atoms with E-state index in [1.165, 1.54) is 6.07 Å². The Morgan fingerprint density at radius 2 is 1.74 bits per heavy atom. The van der Waals surface area contributed by atoms with Gasteiger partial charge in [-0.15, -0.1) is 0 Å². The maximum atomic E-state index is 10.9.